The Morgan fingerprint density at radius 3 is 2.27 bits per heavy atom. The minimum atomic E-state index is -0.791. The number of anilines is 1. The lowest BCUT2D eigenvalue weighted by Gasteiger charge is -2.22. The summed E-state index contributed by atoms with van der Waals surface area (Å²) >= 11 is 7.25. The number of hydrogen-bond acceptors (Lipinski definition) is 5. The summed E-state index contributed by atoms with van der Waals surface area (Å²) in [6.07, 6.45) is -0.296. The largest absolute Gasteiger partial charge is 0.444 e. The van der Waals surface area contributed by atoms with E-state index in [0.717, 1.165) is 10.4 Å². The van der Waals surface area contributed by atoms with Crippen LogP contribution in [0.3, 0.4) is 0 Å². The van der Waals surface area contributed by atoms with E-state index in [0.29, 0.717) is 27.6 Å². The number of halogens is 1. The van der Waals surface area contributed by atoms with Crippen molar-refractivity contribution in [1.82, 2.24) is 5.32 Å². The minimum Gasteiger partial charge on any atom is -0.444 e. The predicted molar refractivity (Wildman–Crippen MR) is 121 cm³/mol. The molecule has 30 heavy (non-hydrogen) atoms. The van der Waals surface area contributed by atoms with Crippen LogP contribution >= 0.6 is 22.9 Å². The Labute approximate surface area is 186 Å². The van der Waals surface area contributed by atoms with Gasteiger partial charge in [0.05, 0.1) is 5.56 Å². The Morgan fingerprint density at radius 1 is 1.13 bits per heavy atom. The van der Waals surface area contributed by atoms with Crippen molar-refractivity contribution in [3.05, 3.63) is 50.9 Å². The molecule has 0 fully saturated rings. The van der Waals surface area contributed by atoms with Gasteiger partial charge < -0.3 is 15.4 Å². The molecule has 2 rings (SSSR count). The average Bonchev–Trinajstić information content (AvgIpc) is 2.91. The average molecular weight is 451 g/mol. The summed E-state index contributed by atoms with van der Waals surface area (Å²) in [7, 11) is 0. The molecule has 0 saturated carbocycles. The van der Waals surface area contributed by atoms with Gasteiger partial charge in [0.2, 0.25) is 5.91 Å². The smallest absolute Gasteiger partial charge is 0.408 e. The Balaban J connectivity index is 2.24. The Bertz CT molecular complexity index is 945. The number of benzene rings is 1. The van der Waals surface area contributed by atoms with E-state index in [1.807, 2.05) is 13.8 Å². The maximum atomic E-state index is 13.1. The number of ketones is 1. The van der Waals surface area contributed by atoms with Crippen molar-refractivity contribution in [2.24, 2.45) is 0 Å². The molecule has 0 saturated heterocycles. The van der Waals surface area contributed by atoms with Crippen molar-refractivity contribution in [3.8, 4) is 0 Å². The summed E-state index contributed by atoms with van der Waals surface area (Å²) in [5, 5.41) is 6.40. The van der Waals surface area contributed by atoms with Gasteiger partial charge in [0, 0.05) is 15.5 Å². The van der Waals surface area contributed by atoms with Crippen LogP contribution in [0.15, 0.2) is 24.3 Å². The molecule has 1 heterocycles. The number of carbonyl (C=O) groups is 3. The summed E-state index contributed by atoms with van der Waals surface area (Å²) in [6, 6.07) is 5.82. The molecule has 0 spiro atoms. The molecule has 1 atom stereocenters. The first-order valence-corrected chi connectivity index (χ1v) is 10.8. The summed E-state index contributed by atoms with van der Waals surface area (Å²) in [4.78, 5) is 38.9. The lowest BCUT2D eigenvalue weighted by Crippen LogP contribution is -2.45. The fraction of sp³-hybridized carbons (Fsp3) is 0.409. The molecule has 0 radical (unpaired) electrons. The van der Waals surface area contributed by atoms with E-state index in [1.165, 1.54) is 11.3 Å². The van der Waals surface area contributed by atoms with Crippen LogP contribution in [0.2, 0.25) is 5.02 Å². The van der Waals surface area contributed by atoms with Crippen LogP contribution in [-0.2, 0) is 9.53 Å². The number of nitrogens with one attached hydrogen (secondary N) is 2. The zero-order valence-corrected chi connectivity index (χ0v) is 19.6. The van der Waals surface area contributed by atoms with E-state index in [2.05, 4.69) is 10.6 Å². The van der Waals surface area contributed by atoms with Gasteiger partial charge in [-0.05, 0) is 70.9 Å². The molecule has 162 valence electrons. The Kier molecular flexibility index (Phi) is 7.66. The molecule has 6 nitrogen and oxygen atoms in total. The van der Waals surface area contributed by atoms with Gasteiger partial charge in [-0.3, -0.25) is 9.59 Å². The molecule has 1 aromatic heterocycles. The third-order valence-corrected chi connectivity index (χ3v) is 5.75. The Morgan fingerprint density at radius 2 is 1.73 bits per heavy atom. The highest BCUT2D eigenvalue weighted by Gasteiger charge is 2.26. The number of thiophene rings is 1. The molecule has 0 unspecified atom stereocenters. The van der Waals surface area contributed by atoms with Crippen molar-refractivity contribution < 1.29 is 19.1 Å². The van der Waals surface area contributed by atoms with Crippen molar-refractivity contribution in [1.29, 1.82) is 0 Å². The standard InChI is InChI=1S/C22H27ClN2O4S/c1-7-16(24-21(28)29-22(4,5)6)19(27)25-20-17(12(2)13(3)30-20)18(26)14-8-10-15(23)11-9-14/h8-11,16H,7H2,1-6H3,(H,24,28)(H,25,27)/t16-/m0/s1. The van der Waals surface area contributed by atoms with Gasteiger partial charge in [0.25, 0.3) is 0 Å². The highest BCUT2D eigenvalue weighted by Crippen LogP contribution is 2.34. The van der Waals surface area contributed by atoms with Gasteiger partial charge in [0.1, 0.15) is 16.6 Å². The number of ether oxygens (including phenoxy) is 1. The van der Waals surface area contributed by atoms with Crippen molar-refractivity contribution >= 4 is 45.7 Å². The van der Waals surface area contributed by atoms with E-state index in [4.69, 9.17) is 16.3 Å². The lowest BCUT2D eigenvalue weighted by molar-refractivity contribution is -0.118. The third-order valence-electron chi connectivity index (χ3n) is 4.37. The molecule has 0 aliphatic rings. The number of alkyl carbamates (subject to hydrolysis) is 1. The molecule has 1 aromatic carbocycles. The van der Waals surface area contributed by atoms with Crippen LogP contribution in [0.4, 0.5) is 9.80 Å². The zero-order valence-electron chi connectivity index (χ0n) is 18.0. The summed E-state index contributed by atoms with van der Waals surface area (Å²) < 4.78 is 5.23. The molecular formula is C22H27ClN2O4S. The fourth-order valence-electron chi connectivity index (χ4n) is 2.74. The normalized spacial score (nSPS) is 12.2. The first kappa shape index (κ1) is 23.9. The maximum Gasteiger partial charge on any atom is 0.408 e. The second kappa shape index (κ2) is 9.62. The Hall–Kier alpha value is -2.38. The topological polar surface area (TPSA) is 84.5 Å². The molecule has 8 heteroatoms. The van der Waals surface area contributed by atoms with Crippen LogP contribution < -0.4 is 10.6 Å². The zero-order chi connectivity index (χ0) is 22.6. The van der Waals surface area contributed by atoms with Crippen molar-refractivity contribution in [2.45, 2.75) is 59.6 Å². The molecule has 2 amide bonds. The highest BCUT2D eigenvalue weighted by molar-refractivity contribution is 7.16. The third kappa shape index (κ3) is 6.06. The van der Waals surface area contributed by atoms with Gasteiger partial charge >= 0.3 is 6.09 Å². The minimum absolute atomic E-state index is 0.197. The quantitative estimate of drug-likeness (QED) is 0.570. The summed E-state index contributed by atoms with van der Waals surface area (Å²) in [5.74, 6) is -0.605. The summed E-state index contributed by atoms with van der Waals surface area (Å²) in [6.45, 7) is 10.8. The first-order chi connectivity index (χ1) is 13.9. The number of hydrogen-bond donors (Lipinski definition) is 2. The fourth-order valence-corrected chi connectivity index (χ4v) is 3.92. The van der Waals surface area contributed by atoms with Gasteiger partial charge in [0.15, 0.2) is 5.78 Å². The van der Waals surface area contributed by atoms with E-state index in [-0.39, 0.29) is 5.78 Å². The molecule has 0 aliphatic carbocycles. The predicted octanol–water partition coefficient (Wildman–Crippen LogP) is 5.49. The van der Waals surface area contributed by atoms with Crippen molar-refractivity contribution in [3.63, 3.8) is 0 Å². The van der Waals surface area contributed by atoms with Gasteiger partial charge in [-0.2, -0.15) is 0 Å². The van der Waals surface area contributed by atoms with Gasteiger partial charge in [-0.1, -0.05) is 18.5 Å². The van der Waals surface area contributed by atoms with Crippen LogP contribution in [0.25, 0.3) is 0 Å². The number of carbonyl (C=O) groups excluding carboxylic acids is 3. The van der Waals surface area contributed by atoms with Crippen LogP contribution in [0.5, 0.6) is 0 Å². The van der Waals surface area contributed by atoms with Gasteiger partial charge in [-0.15, -0.1) is 11.3 Å². The number of rotatable bonds is 6. The van der Waals surface area contributed by atoms with E-state index >= 15 is 0 Å². The highest BCUT2D eigenvalue weighted by atomic mass is 35.5. The molecule has 2 aromatic rings. The molecule has 0 aliphatic heterocycles. The van der Waals surface area contributed by atoms with Crippen molar-refractivity contribution in [2.75, 3.05) is 5.32 Å². The molecule has 2 N–H and O–H groups in total. The monoisotopic (exact) mass is 450 g/mol. The first-order valence-electron chi connectivity index (χ1n) is 9.63. The second-order valence-corrected chi connectivity index (χ2v) is 9.58. The van der Waals surface area contributed by atoms with Gasteiger partial charge in [-0.25, -0.2) is 4.79 Å². The van der Waals surface area contributed by atoms with E-state index in [9.17, 15) is 14.4 Å². The van der Waals surface area contributed by atoms with E-state index in [1.54, 1.807) is 52.0 Å². The molecular weight excluding hydrogens is 424 g/mol. The maximum absolute atomic E-state index is 13.1. The van der Waals surface area contributed by atoms with Crippen LogP contribution in [-0.4, -0.2) is 29.4 Å². The lowest BCUT2D eigenvalue weighted by atomic mass is 10.0. The summed E-state index contributed by atoms with van der Waals surface area (Å²) in [5.41, 5.74) is 1.07. The SMILES string of the molecule is CC[C@H](NC(=O)OC(C)(C)C)C(=O)Nc1sc(C)c(C)c1C(=O)c1ccc(Cl)cc1. The molecule has 0 bridgehead atoms. The van der Waals surface area contributed by atoms with Crippen LogP contribution in [0, 0.1) is 13.8 Å². The number of aryl methyl sites for hydroxylation is 1. The second-order valence-electron chi connectivity index (χ2n) is 7.92. The number of amides is 2. The van der Waals surface area contributed by atoms with E-state index < -0.39 is 23.6 Å². The van der Waals surface area contributed by atoms with Crippen LogP contribution in [0.1, 0.15) is 60.5 Å².